The molecule has 0 radical (unpaired) electrons. The van der Waals surface area contributed by atoms with E-state index in [0.29, 0.717) is 36.4 Å². The first-order valence-electron chi connectivity index (χ1n) is 25.8. The Morgan fingerprint density at radius 3 is 2.51 bits per heavy atom. The van der Waals surface area contributed by atoms with Crippen LogP contribution in [-0.4, -0.2) is 117 Å². The summed E-state index contributed by atoms with van der Waals surface area (Å²) in [6, 6.07) is 20.7. The number of H-pyrrole nitrogens is 1. The van der Waals surface area contributed by atoms with E-state index in [4.69, 9.17) is 18.9 Å². The molecule has 5 aromatic rings. The van der Waals surface area contributed by atoms with Gasteiger partial charge in [-0.25, -0.2) is 31.3 Å². The average molecular weight is 1050 g/mol. The Bertz CT molecular complexity index is 3130. The minimum Gasteiger partial charge on any atom is -0.468 e. The molecule has 2 aromatic heterocycles. The second-order valence-corrected chi connectivity index (χ2v) is 22.8. The summed E-state index contributed by atoms with van der Waals surface area (Å²) in [5.41, 5.74) is 2.24. The Morgan fingerprint density at radius 1 is 0.973 bits per heavy atom. The Labute approximate surface area is 433 Å². The highest BCUT2D eigenvalue weighted by Gasteiger charge is 2.51. The van der Waals surface area contributed by atoms with E-state index in [1.807, 2.05) is 6.07 Å². The van der Waals surface area contributed by atoms with Crippen LogP contribution in [0.5, 0.6) is 11.5 Å². The largest absolute Gasteiger partial charge is 0.468 e. The van der Waals surface area contributed by atoms with Crippen molar-refractivity contribution >= 4 is 32.7 Å². The van der Waals surface area contributed by atoms with Crippen LogP contribution in [0.3, 0.4) is 0 Å². The predicted molar refractivity (Wildman–Crippen MR) is 275 cm³/mol. The monoisotopic (exact) mass is 1050 g/mol. The van der Waals surface area contributed by atoms with Gasteiger partial charge in [-0.2, -0.15) is 0 Å². The van der Waals surface area contributed by atoms with Gasteiger partial charge in [0.05, 0.1) is 17.8 Å². The Hall–Kier alpha value is -6.16. The van der Waals surface area contributed by atoms with E-state index >= 15 is 4.39 Å². The number of hydrogen-bond donors (Lipinski definition) is 3. The van der Waals surface area contributed by atoms with Gasteiger partial charge in [-0.15, -0.1) is 4.91 Å². The van der Waals surface area contributed by atoms with Gasteiger partial charge in [0.2, 0.25) is 0 Å². The number of piperidine rings is 1. The first-order valence-corrected chi connectivity index (χ1v) is 27.3. The summed E-state index contributed by atoms with van der Waals surface area (Å²) in [5, 5.41) is 6.86. The third-order valence-corrected chi connectivity index (χ3v) is 17.6. The first kappa shape index (κ1) is 51.0. The summed E-state index contributed by atoms with van der Waals surface area (Å²) in [6.07, 6.45) is 7.35. The maximum Gasteiger partial charge on any atom is 0.268 e. The minimum atomic E-state index is -4.74. The van der Waals surface area contributed by atoms with Gasteiger partial charge in [0.25, 0.3) is 15.9 Å². The smallest absolute Gasteiger partial charge is 0.268 e. The van der Waals surface area contributed by atoms with Gasteiger partial charge in [-0.1, -0.05) is 44.2 Å². The number of ether oxygens (including phenoxy) is 4. The van der Waals surface area contributed by atoms with E-state index in [2.05, 4.69) is 78.0 Å². The number of alkyl halides is 1. The molecule has 4 saturated heterocycles. The molecular weight excluding hydrogens is 990 g/mol. The first-order chi connectivity index (χ1) is 36.2. The number of halogens is 3. The van der Waals surface area contributed by atoms with Gasteiger partial charge in [-0.05, 0) is 95.8 Å². The van der Waals surface area contributed by atoms with Crippen molar-refractivity contribution in [2.45, 2.75) is 94.7 Å². The lowest BCUT2D eigenvalue weighted by Gasteiger charge is -2.58. The second kappa shape index (κ2) is 20.8. The van der Waals surface area contributed by atoms with E-state index in [0.717, 1.165) is 62.5 Å². The average Bonchev–Trinajstić information content (AvgIpc) is 4.09. The summed E-state index contributed by atoms with van der Waals surface area (Å²) in [5.74, 6) is -1.48. The number of pyridine rings is 1. The number of carbonyl (C=O) groups excluding carboxylic acids is 1. The van der Waals surface area contributed by atoms with Crippen molar-refractivity contribution < 1.29 is 45.3 Å². The number of allylic oxidation sites excluding steroid dienone is 1. The van der Waals surface area contributed by atoms with Crippen molar-refractivity contribution in [2.75, 3.05) is 64.2 Å². The molecule has 1 spiro atoms. The summed E-state index contributed by atoms with van der Waals surface area (Å²) >= 11 is 0. The van der Waals surface area contributed by atoms with Crippen molar-refractivity contribution in [2.24, 2.45) is 10.6 Å². The number of nitrogens with zero attached hydrogens (tertiary/aromatic N) is 5. The van der Waals surface area contributed by atoms with Crippen LogP contribution < -0.4 is 19.7 Å². The highest BCUT2D eigenvalue weighted by atomic mass is 32.2. The van der Waals surface area contributed by atoms with Gasteiger partial charge >= 0.3 is 0 Å². The molecule has 2 aliphatic carbocycles. The van der Waals surface area contributed by atoms with Gasteiger partial charge in [0, 0.05) is 113 Å². The summed E-state index contributed by atoms with van der Waals surface area (Å²) in [4.78, 5) is 40.6. The molecule has 11 rings (SSSR count). The zero-order chi connectivity index (χ0) is 52.1. The molecule has 6 heterocycles. The molecule has 3 aromatic carbocycles. The SMILES string of the molecule is CC(C)c1ccccc1[C@@H]1CN(Cc2c(F)cccc2F)CCN1C1CC2(CCN(c3ccc(C(=O)NS(=O)(=O)C4=C5OCOC5C(NCC5(F)CCOCC5)C(N=O)=C4)c(Oc4cnc5[nH]ccc5c4)c3)CC2)C1. The molecule has 4 aliphatic heterocycles. The van der Waals surface area contributed by atoms with Gasteiger partial charge in [0.1, 0.15) is 51.2 Å². The van der Waals surface area contributed by atoms with Crippen LogP contribution in [0.25, 0.3) is 11.0 Å². The fourth-order valence-electron chi connectivity index (χ4n) is 12.0. The number of hydrogen-bond acceptors (Lipinski definition) is 14. The van der Waals surface area contributed by atoms with E-state index in [1.165, 1.54) is 41.6 Å². The molecule has 6 aliphatic rings. The lowest BCUT2D eigenvalue weighted by molar-refractivity contribution is -0.0630. The van der Waals surface area contributed by atoms with Gasteiger partial charge < -0.3 is 34.1 Å². The van der Waals surface area contributed by atoms with Crippen molar-refractivity contribution in [3.05, 3.63) is 146 Å². The van der Waals surface area contributed by atoms with Gasteiger partial charge in [-0.3, -0.25) is 14.6 Å². The molecule has 5 fully saturated rings. The fraction of sp³-hybridized carbons (Fsp3) is 0.455. The predicted octanol–water partition coefficient (Wildman–Crippen LogP) is 8.85. The van der Waals surface area contributed by atoms with Crippen molar-refractivity contribution in [3.8, 4) is 11.5 Å². The van der Waals surface area contributed by atoms with Crippen LogP contribution in [-0.2, 0) is 30.8 Å². The van der Waals surface area contributed by atoms with Crippen molar-refractivity contribution in [1.82, 2.24) is 29.8 Å². The number of fused-ring (bicyclic) bond motifs is 2. The van der Waals surface area contributed by atoms with Crippen LogP contribution in [0.15, 0.2) is 113 Å². The van der Waals surface area contributed by atoms with Crippen LogP contribution in [0, 0.1) is 22.0 Å². The van der Waals surface area contributed by atoms with E-state index < -0.39 is 50.3 Å². The number of benzene rings is 3. The maximum absolute atomic E-state index is 15.6. The molecule has 2 unspecified atom stereocenters. The zero-order valence-electron chi connectivity index (χ0n) is 41.9. The molecule has 0 bridgehead atoms. The lowest BCUT2D eigenvalue weighted by Crippen LogP contribution is -2.60. The third kappa shape index (κ3) is 10.3. The van der Waals surface area contributed by atoms with Crippen LogP contribution in [0.1, 0.15) is 91.4 Å². The fourth-order valence-corrected chi connectivity index (χ4v) is 13.2. The Balaban J connectivity index is 0.798. The lowest BCUT2D eigenvalue weighted by atomic mass is 9.59. The normalized spacial score (nSPS) is 23.2. The summed E-state index contributed by atoms with van der Waals surface area (Å²) < 4.78 is 98.9. The van der Waals surface area contributed by atoms with E-state index in [9.17, 15) is 26.9 Å². The number of rotatable bonds is 15. The topological polar surface area (TPSA) is 180 Å². The molecule has 396 valence electrons. The second-order valence-electron chi connectivity index (χ2n) is 21.2. The number of nitrogens with one attached hydrogen (secondary N) is 3. The molecule has 3 atom stereocenters. The molecule has 3 N–H and O–H groups in total. The van der Waals surface area contributed by atoms with Crippen molar-refractivity contribution in [1.29, 1.82) is 0 Å². The number of nitroso groups, excluding NO2 is 1. The number of aromatic amines is 1. The number of piperazine rings is 1. The van der Waals surface area contributed by atoms with Gasteiger partial charge in [0.15, 0.2) is 12.6 Å². The zero-order valence-corrected chi connectivity index (χ0v) is 42.7. The van der Waals surface area contributed by atoms with Crippen molar-refractivity contribution in [3.63, 3.8) is 0 Å². The molecule has 16 nitrogen and oxygen atoms in total. The Morgan fingerprint density at radius 2 is 1.75 bits per heavy atom. The number of aromatic nitrogens is 2. The number of amides is 1. The highest BCUT2D eigenvalue weighted by molar-refractivity contribution is 7.94. The molecule has 1 saturated carbocycles. The Kier molecular flexibility index (Phi) is 14.1. The number of sulfonamides is 1. The number of carbonyl (C=O) groups is 1. The highest BCUT2D eigenvalue weighted by Crippen LogP contribution is 2.53. The van der Waals surface area contributed by atoms with E-state index in [-0.39, 0.29) is 85.7 Å². The molecule has 1 amide bonds. The quantitative estimate of drug-likeness (QED) is 0.0848. The molecule has 75 heavy (non-hydrogen) atoms. The maximum atomic E-state index is 15.6. The van der Waals surface area contributed by atoms with Crippen LogP contribution in [0.2, 0.25) is 0 Å². The standard InChI is InChI=1S/C55H61F3N8O8S/c1-34(2)39-6-3-4-7-40(39)46-31-64(30-42-43(56)8-5-9-44(42)57)20-21-66(46)37-27-54(28-37)13-18-65(19-14-54)36-10-11-41(47(25-36)74-38-24-35-12-17-59-52(35)60-29-38)53(67)63-75(69,70)48-26-45(62-68)49(51-50(48)72-33-73-51)61-32-55(58)15-22-71-23-16-55/h3-12,17,24-26,29,34,37,46,49,51,61H,13-16,18-23,27-28,30-33H2,1-2H3,(H,59,60)(H,63,67)/t46-,49?,51?/m0/s1. The summed E-state index contributed by atoms with van der Waals surface area (Å²) in [6.45, 7) is 8.20. The minimum absolute atomic E-state index is 0.0599. The van der Waals surface area contributed by atoms with Crippen LogP contribution in [0.4, 0.5) is 18.9 Å². The molecular formula is C55H61F3N8O8S. The molecule has 20 heteroatoms. The van der Waals surface area contributed by atoms with E-state index in [1.54, 1.807) is 24.4 Å². The third-order valence-electron chi connectivity index (χ3n) is 16.2. The van der Waals surface area contributed by atoms with Crippen LogP contribution >= 0.6 is 0 Å². The number of anilines is 1. The summed E-state index contributed by atoms with van der Waals surface area (Å²) in [7, 11) is -4.74.